The zero-order valence-electron chi connectivity index (χ0n) is 24.0. The number of alkyl halides is 3. The molecule has 0 aliphatic heterocycles. The number of benzene rings is 2. The number of nitrogens with zero attached hydrogens (tertiary/aromatic N) is 2. The lowest BCUT2D eigenvalue weighted by Crippen LogP contribution is -2.26. The lowest BCUT2D eigenvalue weighted by Gasteiger charge is -2.25. The average Bonchev–Trinajstić information content (AvgIpc) is 3.35. The van der Waals surface area contributed by atoms with Gasteiger partial charge in [-0.25, -0.2) is 0 Å². The molecule has 218 valence electrons. The summed E-state index contributed by atoms with van der Waals surface area (Å²) >= 11 is 0. The molecule has 2 aliphatic carbocycles. The Labute approximate surface area is 235 Å². The van der Waals surface area contributed by atoms with Gasteiger partial charge < -0.3 is 9.57 Å². The lowest BCUT2D eigenvalue weighted by molar-refractivity contribution is -0.147. The molecule has 0 heterocycles. The van der Waals surface area contributed by atoms with Crippen LogP contribution in [-0.2, 0) is 33.6 Å². The number of hydrogen-bond acceptors (Lipinski definition) is 5. The predicted octanol–water partition coefficient (Wildman–Crippen LogP) is 7.95. The van der Waals surface area contributed by atoms with Crippen LogP contribution in [-0.4, -0.2) is 36.3 Å². The Hall–Kier alpha value is -2.87. The molecule has 2 aromatic rings. The summed E-state index contributed by atoms with van der Waals surface area (Å²) in [5.74, 6) is -0.210. The lowest BCUT2D eigenvalue weighted by atomic mass is 9.81. The number of carbonyl (C=O) groups excluding carboxylic acids is 1. The molecule has 0 saturated heterocycles. The van der Waals surface area contributed by atoms with Gasteiger partial charge in [0, 0.05) is 12.6 Å². The second-order valence-electron chi connectivity index (χ2n) is 11.4. The van der Waals surface area contributed by atoms with E-state index in [1.165, 1.54) is 17.2 Å². The van der Waals surface area contributed by atoms with Crippen molar-refractivity contribution in [3.63, 3.8) is 0 Å². The molecule has 5 nitrogen and oxygen atoms in total. The van der Waals surface area contributed by atoms with E-state index >= 15 is 0 Å². The molecule has 0 radical (unpaired) electrons. The van der Waals surface area contributed by atoms with E-state index in [-0.39, 0.29) is 30.6 Å². The summed E-state index contributed by atoms with van der Waals surface area (Å²) in [6.45, 7) is 6.14. The van der Waals surface area contributed by atoms with Crippen molar-refractivity contribution in [2.24, 2.45) is 5.16 Å². The Morgan fingerprint density at radius 2 is 1.77 bits per heavy atom. The van der Waals surface area contributed by atoms with Crippen LogP contribution < -0.4 is 0 Å². The van der Waals surface area contributed by atoms with Gasteiger partial charge in [-0.3, -0.25) is 9.69 Å². The molecule has 0 N–H and O–H groups in total. The summed E-state index contributed by atoms with van der Waals surface area (Å²) < 4.78 is 46.9. The minimum atomic E-state index is -4.39. The average molecular weight is 559 g/mol. The Morgan fingerprint density at radius 3 is 2.48 bits per heavy atom. The highest BCUT2D eigenvalue weighted by atomic mass is 19.4. The number of hydrogen-bond donors (Lipinski definition) is 0. The first-order chi connectivity index (χ1) is 19.0. The van der Waals surface area contributed by atoms with E-state index in [2.05, 4.69) is 22.2 Å². The maximum Gasteiger partial charge on any atom is 0.416 e. The minimum Gasteiger partial charge on any atom is -0.463 e. The van der Waals surface area contributed by atoms with Crippen molar-refractivity contribution < 1.29 is 27.5 Å². The van der Waals surface area contributed by atoms with E-state index in [9.17, 15) is 18.0 Å². The zero-order chi connectivity index (χ0) is 28.9. The highest BCUT2D eigenvalue weighted by Gasteiger charge is 2.36. The molecule has 40 heavy (non-hydrogen) atoms. The molecule has 0 amide bonds. The number of ether oxygens (including phenoxy) is 1. The van der Waals surface area contributed by atoms with E-state index in [4.69, 9.17) is 9.57 Å². The van der Waals surface area contributed by atoms with Crippen molar-refractivity contribution in [3.05, 3.63) is 69.8 Å². The maximum atomic E-state index is 13.9. The largest absolute Gasteiger partial charge is 0.463 e. The fourth-order valence-corrected chi connectivity index (χ4v) is 5.99. The number of oxime groups is 1. The highest BCUT2D eigenvalue weighted by Crippen LogP contribution is 2.41. The van der Waals surface area contributed by atoms with Crippen LogP contribution in [0.3, 0.4) is 0 Å². The molecule has 4 rings (SSSR count). The first-order valence-electron chi connectivity index (χ1n) is 14.4. The Bertz CT molecular complexity index is 1200. The summed E-state index contributed by atoms with van der Waals surface area (Å²) in [5, 5.41) is 4.22. The van der Waals surface area contributed by atoms with Crippen molar-refractivity contribution in [1.29, 1.82) is 0 Å². The number of esters is 1. The fraction of sp³-hybridized carbons (Fsp3) is 0.562. The third-order valence-corrected chi connectivity index (χ3v) is 8.08. The van der Waals surface area contributed by atoms with E-state index in [1.807, 2.05) is 33.9 Å². The van der Waals surface area contributed by atoms with E-state index in [1.54, 1.807) is 12.1 Å². The van der Waals surface area contributed by atoms with Gasteiger partial charge in [-0.1, -0.05) is 48.7 Å². The first-order valence-corrected chi connectivity index (χ1v) is 14.4. The molecular weight excluding hydrogens is 517 g/mol. The quantitative estimate of drug-likeness (QED) is 0.169. The van der Waals surface area contributed by atoms with Crippen molar-refractivity contribution in [3.8, 4) is 0 Å². The Balaban J connectivity index is 1.37. The van der Waals surface area contributed by atoms with Crippen molar-refractivity contribution in [2.75, 3.05) is 13.6 Å². The monoisotopic (exact) mass is 558 g/mol. The Morgan fingerprint density at radius 1 is 1.05 bits per heavy atom. The molecule has 1 unspecified atom stereocenters. The molecule has 1 saturated carbocycles. The van der Waals surface area contributed by atoms with Gasteiger partial charge in [0.1, 0.15) is 6.61 Å². The number of aryl methyl sites for hydroxylation is 1. The van der Waals surface area contributed by atoms with E-state index in [0.29, 0.717) is 29.8 Å². The van der Waals surface area contributed by atoms with Crippen molar-refractivity contribution in [2.45, 2.75) is 103 Å². The van der Waals surface area contributed by atoms with Crippen LogP contribution >= 0.6 is 0 Å². The summed E-state index contributed by atoms with van der Waals surface area (Å²) in [4.78, 5) is 19.7. The summed E-state index contributed by atoms with van der Waals surface area (Å²) in [6.07, 6.45) is 2.44. The van der Waals surface area contributed by atoms with Gasteiger partial charge in [-0.05, 0) is 99.4 Å². The highest BCUT2D eigenvalue weighted by molar-refractivity contribution is 5.98. The van der Waals surface area contributed by atoms with E-state index in [0.717, 1.165) is 50.5 Å². The SMILES string of the molecule is C/C(=N\OCc1ccc(C2CCCCC2)c(C(F)(F)F)c1)c1ccc2c(c1)CCC2N(C)CCC(=O)OC(C)C. The zero-order valence-corrected chi connectivity index (χ0v) is 24.0. The van der Waals surface area contributed by atoms with Crippen LogP contribution in [0, 0.1) is 0 Å². The standard InChI is InChI=1S/C32H41F3N2O3/c1-21(2)40-31(38)16-17-37(4)30-15-12-26-19-25(11-14-28(26)30)22(3)36-39-20-23-10-13-27(24-8-6-5-7-9-24)29(18-23)32(33,34)35/h10-11,13-14,18-19,21,24,30H,5-9,12,15-17,20H2,1-4H3/b36-22+. The molecule has 0 aromatic heterocycles. The van der Waals surface area contributed by atoms with Crippen LogP contribution in [0.5, 0.6) is 0 Å². The molecule has 2 aromatic carbocycles. The fourth-order valence-electron chi connectivity index (χ4n) is 5.99. The van der Waals surface area contributed by atoms with Gasteiger partial charge in [0.05, 0.1) is 23.8 Å². The van der Waals surface area contributed by atoms with Crippen LogP contribution in [0.1, 0.15) is 111 Å². The number of fused-ring (bicyclic) bond motifs is 1. The maximum absolute atomic E-state index is 13.9. The molecule has 8 heteroatoms. The number of rotatable bonds is 10. The van der Waals surface area contributed by atoms with Crippen molar-refractivity contribution in [1.82, 2.24) is 4.90 Å². The summed E-state index contributed by atoms with van der Waals surface area (Å²) in [6, 6.07) is 11.0. The number of halogens is 3. The van der Waals surface area contributed by atoms with Gasteiger partial charge in [0.25, 0.3) is 0 Å². The molecular formula is C32H41F3N2O3. The second-order valence-corrected chi connectivity index (χ2v) is 11.4. The molecule has 0 spiro atoms. The van der Waals surface area contributed by atoms with Gasteiger partial charge in [-0.2, -0.15) is 13.2 Å². The smallest absolute Gasteiger partial charge is 0.416 e. The summed E-state index contributed by atoms with van der Waals surface area (Å²) in [7, 11) is 2.03. The van der Waals surface area contributed by atoms with Crippen LogP contribution in [0.15, 0.2) is 41.6 Å². The third kappa shape index (κ3) is 7.65. The van der Waals surface area contributed by atoms with Crippen LogP contribution in [0.4, 0.5) is 13.2 Å². The van der Waals surface area contributed by atoms with Crippen LogP contribution in [0.25, 0.3) is 0 Å². The normalized spacial score (nSPS) is 18.3. The topological polar surface area (TPSA) is 51.1 Å². The molecule has 2 aliphatic rings. The van der Waals surface area contributed by atoms with E-state index < -0.39 is 11.7 Å². The van der Waals surface area contributed by atoms with Gasteiger partial charge in [-0.15, -0.1) is 0 Å². The third-order valence-electron chi connectivity index (χ3n) is 8.08. The van der Waals surface area contributed by atoms with Gasteiger partial charge >= 0.3 is 12.1 Å². The predicted molar refractivity (Wildman–Crippen MR) is 150 cm³/mol. The number of carbonyl (C=O) groups is 1. The van der Waals surface area contributed by atoms with Crippen LogP contribution in [0.2, 0.25) is 0 Å². The first kappa shape index (κ1) is 30.1. The Kier molecular flexibility index (Phi) is 9.93. The summed E-state index contributed by atoms with van der Waals surface area (Å²) in [5.41, 5.74) is 4.40. The molecule has 0 bridgehead atoms. The van der Waals surface area contributed by atoms with Gasteiger partial charge in [0.2, 0.25) is 0 Å². The molecule has 1 fully saturated rings. The van der Waals surface area contributed by atoms with Crippen molar-refractivity contribution >= 4 is 11.7 Å². The minimum absolute atomic E-state index is 0.0254. The molecule has 1 atom stereocenters. The van der Waals surface area contributed by atoms with Gasteiger partial charge in [0.15, 0.2) is 0 Å². The second kappa shape index (κ2) is 13.2.